The molecule has 0 rings (SSSR count). The van der Waals surface area contributed by atoms with Gasteiger partial charge < -0.3 is 11.1 Å². The maximum absolute atomic E-state index is 9.00. The van der Waals surface area contributed by atoms with Crippen LogP contribution in [-0.2, 0) is 0 Å². The van der Waals surface area contributed by atoms with E-state index in [2.05, 4.69) is 6.08 Å². The zero-order chi connectivity index (χ0) is 9.44. The van der Waals surface area contributed by atoms with Gasteiger partial charge >= 0.3 is 51.4 Å². The molecule has 0 aliphatic heterocycles. The predicted molar refractivity (Wildman–Crippen MR) is 52.7 cm³/mol. The summed E-state index contributed by atoms with van der Waals surface area (Å²) >= 11 is 0. The van der Waals surface area contributed by atoms with E-state index in [-0.39, 0.29) is 51.4 Å². The Hall–Kier alpha value is 1.05. The van der Waals surface area contributed by atoms with Crippen molar-refractivity contribution in [2.45, 2.75) is 41.5 Å². The van der Waals surface area contributed by atoms with Crippen LogP contribution >= 0.6 is 0 Å². The zero-order valence-corrected chi connectivity index (χ0v) is 12.6. The van der Waals surface area contributed by atoms with Crippen LogP contribution in [0.5, 0.6) is 0 Å². The minimum absolute atomic E-state index is 0. The standard InChI is InChI=1S/C8H13N.C2H6.K/c1-5-8(6(2)3)7(4)9;1-2;/h6H,1-4H3;1-2H3;/q-2;;+1. The van der Waals surface area contributed by atoms with Crippen LogP contribution in [0.1, 0.15) is 41.5 Å². The fourth-order valence-corrected chi connectivity index (χ4v) is 0.887. The summed E-state index contributed by atoms with van der Waals surface area (Å²) in [6, 6.07) is 0. The molecule has 0 aromatic heterocycles. The largest absolute Gasteiger partial charge is 1.00 e. The van der Waals surface area contributed by atoms with Crippen LogP contribution in [0.25, 0.3) is 5.41 Å². The number of rotatable bonds is 2. The van der Waals surface area contributed by atoms with Gasteiger partial charge in [-0.15, -0.1) is 13.8 Å². The summed E-state index contributed by atoms with van der Waals surface area (Å²) in [6.45, 7) is 11.6. The summed E-state index contributed by atoms with van der Waals surface area (Å²) in [4.78, 5) is 0. The molecular weight excluding hydrogens is 173 g/mol. The Bertz CT molecular complexity index is 137. The topological polar surface area (TPSA) is 22.3 Å². The summed E-state index contributed by atoms with van der Waals surface area (Å²) in [6.07, 6.45) is 2.93. The van der Waals surface area contributed by atoms with Crippen LogP contribution in [0.2, 0.25) is 0 Å². The fourth-order valence-electron chi connectivity index (χ4n) is 0.887. The Labute approximate surface area is 120 Å². The van der Waals surface area contributed by atoms with E-state index >= 15 is 0 Å². The second kappa shape index (κ2) is 12.0. The summed E-state index contributed by atoms with van der Waals surface area (Å²) in [5, 5.41) is 9.00. The van der Waals surface area contributed by atoms with E-state index in [1.54, 1.807) is 6.92 Å². The van der Waals surface area contributed by atoms with Crippen LogP contribution in [0.15, 0.2) is 5.57 Å². The maximum atomic E-state index is 9.00. The maximum Gasteiger partial charge on any atom is 1.00 e. The Kier molecular flexibility index (Phi) is 18.8. The van der Waals surface area contributed by atoms with Crippen molar-refractivity contribution < 1.29 is 51.4 Å². The molecule has 0 radical (unpaired) electrons. The van der Waals surface area contributed by atoms with Crippen molar-refractivity contribution in [1.82, 2.24) is 0 Å². The van der Waals surface area contributed by atoms with Crippen molar-refractivity contribution in [3.05, 3.63) is 17.1 Å². The van der Waals surface area contributed by atoms with Gasteiger partial charge in [0.15, 0.2) is 0 Å². The molecule has 1 nitrogen and oxygen atoms in total. The van der Waals surface area contributed by atoms with E-state index in [0.717, 1.165) is 5.57 Å². The Balaban J connectivity index is -0.000000249. The Morgan fingerprint density at radius 3 is 1.58 bits per heavy atom. The van der Waals surface area contributed by atoms with Gasteiger partial charge in [0.2, 0.25) is 0 Å². The number of hydrogen-bond acceptors (Lipinski definition) is 0. The molecule has 0 saturated carbocycles. The minimum atomic E-state index is 0. The van der Waals surface area contributed by atoms with Gasteiger partial charge in [-0.25, -0.2) is 5.57 Å². The van der Waals surface area contributed by atoms with Gasteiger partial charge in [0.1, 0.15) is 0 Å². The first-order chi connectivity index (χ1) is 5.09. The van der Waals surface area contributed by atoms with E-state index in [0.29, 0.717) is 11.6 Å². The zero-order valence-electron chi connectivity index (χ0n) is 9.52. The van der Waals surface area contributed by atoms with Crippen molar-refractivity contribution in [2.24, 2.45) is 5.92 Å². The molecule has 0 atom stereocenters. The number of nitrogens with zero attached hydrogens (tertiary/aromatic N) is 1. The minimum Gasteiger partial charge on any atom is -0.908 e. The monoisotopic (exact) mass is 192 g/mol. The van der Waals surface area contributed by atoms with Crippen LogP contribution in [0, 0.1) is 12.0 Å². The third kappa shape index (κ3) is 9.14. The van der Waals surface area contributed by atoms with Crippen LogP contribution in [0.4, 0.5) is 0 Å². The molecule has 0 saturated heterocycles. The van der Waals surface area contributed by atoms with Gasteiger partial charge in [0, 0.05) is 0 Å². The molecule has 0 aromatic rings. The molecule has 0 heterocycles. The molecule has 0 aromatic carbocycles. The van der Waals surface area contributed by atoms with E-state index in [9.17, 15) is 0 Å². The summed E-state index contributed by atoms with van der Waals surface area (Å²) in [5.41, 5.74) is 1.29. The van der Waals surface area contributed by atoms with Gasteiger partial charge in [0.05, 0.1) is 0 Å². The molecule has 0 aliphatic rings. The number of hydrogen-bond donors (Lipinski definition) is 0. The molecule has 2 heteroatoms. The van der Waals surface area contributed by atoms with Crippen LogP contribution in [0.3, 0.4) is 0 Å². The summed E-state index contributed by atoms with van der Waals surface area (Å²) in [7, 11) is 0. The normalized spacial score (nSPS) is 9.75. The quantitative estimate of drug-likeness (QED) is 0.344. The van der Waals surface area contributed by atoms with Gasteiger partial charge in [-0.2, -0.15) is 0 Å². The van der Waals surface area contributed by atoms with E-state index in [1.807, 2.05) is 34.6 Å². The summed E-state index contributed by atoms with van der Waals surface area (Å²) < 4.78 is 0. The predicted octanol–water partition coefficient (Wildman–Crippen LogP) is 0.452. The van der Waals surface area contributed by atoms with Gasteiger partial charge in [-0.05, 0) is 0 Å². The van der Waals surface area contributed by atoms with Crippen LogP contribution in [-0.4, -0.2) is 5.71 Å². The first-order valence-electron chi connectivity index (χ1n) is 4.17. The first kappa shape index (κ1) is 18.8. The van der Waals surface area contributed by atoms with E-state index in [1.165, 1.54) is 0 Å². The van der Waals surface area contributed by atoms with E-state index < -0.39 is 0 Å². The van der Waals surface area contributed by atoms with E-state index in [4.69, 9.17) is 5.41 Å². The second-order valence-corrected chi connectivity index (χ2v) is 2.40. The Morgan fingerprint density at radius 1 is 1.25 bits per heavy atom. The van der Waals surface area contributed by atoms with Crippen molar-refractivity contribution in [3.8, 4) is 0 Å². The fraction of sp³-hybridized carbons (Fsp3) is 0.700. The molecule has 66 valence electrons. The molecule has 12 heavy (non-hydrogen) atoms. The molecule has 0 aliphatic carbocycles. The van der Waals surface area contributed by atoms with Gasteiger partial charge in [0.25, 0.3) is 0 Å². The van der Waals surface area contributed by atoms with Crippen molar-refractivity contribution in [3.63, 3.8) is 0 Å². The third-order valence-electron chi connectivity index (χ3n) is 1.24. The molecule has 0 amide bonds. The molecule has 0 bridgehead atoms. The molecule has 0 fully saturated rings. The number of allylic oxidation sites excluding steroid dienone is 2. The van der Waals surface area contributed by atoms with Crippen LogP contribution < -0.4 is 51.4 Å². The second-order valence-electron chi connectivity index (χ2n) is 2.40. The van der Waals surface area contributed by atoms with Gasteiger partial charge in [-0.3, -0.25) is 6.08 Å². The Morgan fingerprint density at radius 2 is 1.58 bits per heavy atom. The molecule has 0 unspecified atom stereocenters. The first-order valence-corrected chi connectivity index (χ1v) is 4.17. The third-order valence-corrected chi connectivity index (χ3v) is 1.24. The van der Waals surface area contributed by atoms with Crippen molar-refractivity contribution in [1.29, 1.82) is 0 Å². The molecule has 0 spiro atoms. The average molecular weight is 192 g/mol. The molecule has 0 N–H and O–H groups in total. The average Bonchev–Trinajstić information content (AvgIpc) is 1.91. The molecular formula is C10H19KN-. The summed E-state index contributed by atoms with van der Waals surface area (Å²) in [5.74, 6) is 0.375. The smallest absolute Gasteiger partial charge is 0.908 e. The SMILES string of the molecule is CC.C[C-]=C(C(C)=[N-])C(C)C.[K+]. The van der Waals surface area contributed by atoms with Crippen molar-refractivity contribution >= 4 is 5.71 Å². The van der Waals surface area contributed by atoms with Crippen molar-refractivity contribution in [2.75, 3.05) is 0 Å². The van der Waals surface area contributed by atoms with Gasteiger partial charge in [-0.1, -0.05) is 33.6 Å².